The molecule has 0 aromatic heterocycles. The first-order valence-corrected chi connectivity index (χ1v) is 10.7. The number of hydrogen-bond donors (Lipinski definition) is 7. The molecule has 1 aromatic carbocycles. The van der Waals surface area contributed by atoms with Crippen LogP contribution in [0, 0.1) is 5.92 Å². The number of amides is 3. The molecule has 188 valence electrons. The van der Waals surface area contributed by atoms with Gasteiger partial charge in [0.25, 0.3) is 0 Å². The van der Waals surface area contributed by atoms with Crippen molar-refractivity contribution in [1.82, 2.24) is 16.0 Å². The van der Waals surface area contributed by atoms with Crippen LogP contribution in [0.5, 0.6) is 5.75 Å². The lowest BCUT2D eigenvalue weighted by molar-refractivity contribution is -0.140. The van der Waals surface area contributed by atoms with Crippen LogP contribution in [0.15, 0.2) is 24.3 Å². The summed E-state index contributed by atoms with van der Waals surface area (Å²) in [7, 11) is 0. The van der Waals surface area contributed by atoms with Crippen LogP contribution in [0.3, 0.4) is 0 Å². The summed E-state index contributed by atoms with van der Waals surface area (Å²) in [6.07, 6.45) is -0.341. The Bertz CT molecular complexity index is 872. The topological polar surface area (TPSA) is 208 Å². The molecule has 1 rings (SSSR count). The third kappa shape index (κ3) is 10.8. The van der Waals surface area contributed by atoms with Crippen molar-refractivity contribution in [3.8, 4) is 5.75 Å². The molecule has 12 nitrogen and oxygen atoms in total. The predicted molar refractivity (Wildman–Crippen MR) is 121 cm³/mol. The molecule has 0 spiro atoms. The normalized spacial score (nSPS) is 13.4. The summed E-state index contributed by atoms with van der Waals surface area (Å²) in [5.41, 5.74) is 6.68. The Morgan fingerprint density at radius 3 is 2.00 bits per heavy atom. The molecule has 8 N–H and O–H groups in total. The van der Waals surface area contributed by atoms with Crippen molar-refractivity contribution >= 4 is 29.7 Å². The lowest BCUT2D eigenvalue weighted by Crippen LogP contribution is -2.56. The number of phenolic OH excluding ortho intramolecular Hbond substituents is 1. The van der Waals surface area contributed by atoms with Gasteiger partial charge in [-0.2, -0.15) is 0 Å². The highest BCUT2D eigenvalue weighted by atomic mass is 16.4. The monoisotopic (exact) mass is 480 g/mol. The number of phenols is 1. The molecule has 0 saturated carbocycles. The fourth-order valence-corrected chi connectivity index (χ4v) is 3.06. The molecule has 34 heavy (non-hydrogen) atoms. The van der Waals surface area contributed by atoms with Crippen molar-refractivity contribution < 1.29 is 39.3 Å². The number of rotatable bonds is 14. The van der Waals surface area contributed by atoms with E-state index in [9.17, 15) is 29.1 Å². The second kappa shape index (κ2) is 13.8. The average molecular weight is 481 g/mol. The molecule has 1 aromatic rings. The van der Waals surface area contributed by atoms with E-state index in [4.69, 9.17) is 15.9 Å². The Hall–Kier alpha value is -3.67. The summed E-state index contributed by atoms with van der Waals surface area (Å²) >= 11 is 0. The van der Waals surface area contributed by atoms with Crippen molar-refractivity contribution in [2.45, 2.75) is 57.7 Å². The molecular weight excluding hydrogens is 448 g/mol. The van der Waals surface area contributed by atoms with Crippen LogP contribution >= 0.6 is 0 Å². The van der Waals surface area contributed by atoms with Crippen LogP contribution in [-0.2, 0) is 30.4 Å². The lowest BCUT2D eigenvalue weighted by atomic mass is 10.0. The van der Waals surface area contributed by atoms with Gasteiger partial charge in [-0.05, 0) is 42.9 Å². The van der Waals surface area contributed by atoms with Crippen molar-refractivity contribution in [2.24, 2.45) is 11.7 Å². The summed E-state index contributed by atoms with van der Waals surface area (Å²) in [6.45, 7) is 2.95. The highest BCUT2D eigenvalue weighted by Gasteiger charge is 2.29. The Labute approximate surface area is 196 Å². The molecule has 12 heteroatoms. The zero-order chi connectivity index (χ0) is 25.8. The van der Waals surface area contributed by atoms with Crippen LogP contribution in [0.2, 0.25) is 0 Å². The SMILES string of the molecule is CC(C)CC(NC(=O)C(N)Cc1ccc(O)cc1)C(=O)NC(CCC(=O)O)C(=O)NCC(=O)O. The van der Waals surface area contributed by atoms with Crippen LogP contribution in [0.1, 0.15) is 38.7 Å². The van der Waals surface area contributed by atoms with Crippen molar-refractivity contribution in [3.05, 3.63) is 29.8 Å². The van der Waals surface area contributed by atoms with Gasteiger partial charge < -0.3 is 37.0 Å². The van der Waals surface area contributed by atoms with Crippen molar-refractivity contribution in [3.63, 3.8) is 0 Å². The minimum absolute atomic E-state index is 0.0253. The van der Waals surface area contributed by atoms with Gasteiger partial charge in [-0.15, -0.1) is 0 Å². The summed E-state index contributed by atoms with van der Waals surface area (Å²) in [5, 5.41) is 34.1. The molecule has 3 unspecified atom stereocenters. The maximum atomic E-state index is 12.9. The summed E-state index contributed by atoms with van der Waals surface area (Å²) in [6, 6.07) is 2.79. The van der Waals surface area contributed by atoms with Crippen LogP contribution in [0.4, 0.5) is 0 Å². The molecule has 0 fully saturated rings. The van der Waals surface area contributed by atoms with Crippen molar-refractivity contribution in [2.75, 3.05) is 6.54 Å². The van der Waals surface area contributed by atoms with Gasteiger partial charge in [0.05, 0.1) is 6.04 Å². The van der Waals surface area contributed by atoms with E-state index >= 15 is 0 Å². The highest BCUT2D eigenvalue weighted by Crippen LogP contribution is 2.12. The Morgan fingerprint density at radius 2 is 1.47 bits per heavy atom. The molecule has 0 aliphatic carbocycles. The Kier molecular flexibility index (Phi) is 11.5. The number of carbonyl (C=O) groups is 5. The standard InChI is InChI=1S/C22H32N4O8/c1-12(2)9-17(26-20(32)15(23)10-13-3-5-14(27)6-4-13)22(34)25-16(7-8-18(28)29)21(33)24-11-19(30)31/h3-6,12,15-17,27H,7-11,23H2,1-2H3,(H,24,33)(H,25,34)(H,26,32)(H,28,29)(H,30,31). The van der Waals surface area contributed by atoms with Gasteiger partial charge in [-0.25, -0.2) is 0 Å². The number of aromatic hydroxyl groups is 1. The van der Waals surface area contributed by atoms with Gasteiger partial charge in [-0.3, -0.25) is 24.0 Å². The number of aliphatic carboxylic acids is 2. The maximum Gasteiger partial charge on any atom is 0.322 e. The number of benzene rings is 1. The molecule has 0 bridgehead atoms. The smallest absolute Gasteiger partial charge is 0.322 e. The molecule has 0 aliphatic rings. The zero-order valence-corrected chi connectivity index (χ0v) is 19.1. The molecule has 0 heterocycles. The Morgan fingerprint density at radius 1 is 0.882 bits per heavy atom. The molecule has 0 saturated heterocycles. The number of carbonyl (C=O) groups excluding carboxylic acids is 3. The van der Waals surface area contributed by atoms with Gasteiger partial charge in [0.1, 0.15) is 24.4 Å². The fraction of sp³-hybridized carbons (Fsp3) is 0.500. The first-order chi connectivity index (χ1) is 15.9. The number of nitrogens with one attached hydrogen (secondary N) is 3. The second-order valence-electron chi connectivity index (χ2n) is 8.27. The number of carboxylic acid groups (broad SMARTS) is 2. The van der Waals surface area contributed by atoms with Gasteiger partial charge in [0.15, 0.2) is 0 Å². The quantitative estimate of drug-likeness (QED) is 0.180. The van der Waals surface area contributed by atoms with Gasteiger partial charge in [0.2, 0.25) is 17.7 Å². The van der Waals surface area contributed by atoms with E-state index in [0.717, 1.165) is 0 Å². The van der Waals surface area contributed by atoms with E-state index < -0.39 is 60.8 Å². The van der Waals surface area contributed by atoms with Crippen molar-refractivity contribution in [1.29, 1.82) is 0 Å². The molecule has 3 amide bonds. The first-order valence-electron chi connectivity index (χ1n) is 10.7. The largest absolute Gasteiger partial charge is 0.508 e. The van der Waals surface area contributed by atoms with Gasteiger partial charge in [-0.1, -0.05) is 26.0 Å². The maximum absolute atomic E-state index is 12.9. The summed E-state index contributed by atoms with van der Waals surface area (Å²) < 4.78 is 0. The van der Waals surface area contributed by atoms with Crippen LogP contribution < -0.4 is 21.7 Å². The number of carboxylic acids is 2. The Balaban J connectivity index is 2.89. The zero-order valence-electron chi connectivity index (χ0n) is 19.1. The van der Waals surface area contributed by atoms with Gasteiger partial charge in [0, 0.05) is 6.42 Å². The molecule has 0 aliphatic heterocycles. The average Bonchev–Trinajstić information content (AvgIpc) is 2.75. The van der Waals surface area contributed by atoms with E-state index in [1.165, 1.54) is 12.1 Å². The minimum atomic E-state index is -1.31. The first kappa shape index (κ1) is 28.4. The number of nitrogens with two attached hydrogens (primary N) is 1. The van der Waals surface area contributed by atoms with Crippen LogP contribution in [0.25, 0.3) is 0 Å². The molecule has 3 atom stereocenters. The van der Waals surface area contributed by atoms with E-state index in [1.54, 1.807) is 12.1 Å². The summed E-state index contributed by atoms with van der Waals surface area (Å²) in [4.78, 5) is 59.5. The van der Waals surface area contributed by atoms with Gasteiger partial charge >= 0.3 is 11.9 Å². The third-order valence-corrected chi connectivity index (χ3v) is 4.76. The van der Waals surface area contributed by atoms with Crippen LogP contribution in [-0.4, -0.2) is 69.7 Å². The fourth-order valence-electron chi connectivity index (χ4n) is 3.06. The predicted octanol–water partition coefficient (Wildman–Crippen LogP) is -0.657. The molecule has 0 radical (unpaired) electrons. The van der Waals surface area contributed by atoms with E-state index in [1.807, 2.05) is 13.8 Å². The third-order valence-electron chi connectivity index (χ3n) is 4.76. The number of hydrogen-bond acceptors (Lipinski definition) is 7. The van der Waals surface area contributed by atoms with E-state index in [0.29, 0.717) is 5.56 Å². The second-order valence-corrected chi connectivity index (χ2v) is 8.27. The highest BCUT2D eigenvalue weighted by molar-refractivity contribution is 5.93. The van der Waals surface area contributed by atoms with E-state index in [-0.39, 0.29) is 30.9 Å². The lowest BCUT2D eigenvalue weighted by Gasteiger charge is -2.25. The minimum Gasteiger partial charge on any atom is -0.508 e. The van der Waals surface area contributed by atoms with E-state index in [2.05, 4.69) is 16.0 Å². The molecular formula is C22H32N4O8. The summed E-state index contributed by atoms with van der Waals surface area (Å²) in [5.74, 6) is -4.63.